The van der Waals surface area contributed by atoms with Crippen molar-refractivity contribution in [2.75, 3.05) is 5.32 Å². The van der Waals surface area contributed by atoms with Gasteiger partial charge in [-0.1, -0.05) is 31.0 Å². The summed E-state index contributed by atoms with van der Waals surface area (Å²) in [5.41, 5.74) is 0.674. The van der Waals surface area contributed by atoms with Crippen LogP contribution in [0.25, 0.3) is 0 Å². The molecule has 1 saturated carbocycles. The number of hydrogen-bond acceptors (Lipinski definition) is 4. The molecule has 1 aliphatic carbocycles. The quantitative estimate of drug-likeness (QED) is 0.653. The van der Waals surface area contributed by atoms with Gasteiger partial charge in [-0.3, -0.25) is 0 Å². The molecule has 0 aliphatic heterocycles. The Morgan fingerprint density at radius 2 is 1.95 bits per heavy atom. The third kappa shape index (κ3) is 4.11. The Morgan fingerprint density at radius 1 is 1.25 bits per heavy atom. The van der Waals surface area contributed by atoms with E-state index in [0.717, 1.165) is 12.8 Å². The van der Waals surface area contributed by atoms with Crippen molar-refractivity contribution in [1.82, 2.24) is 5.32 Å². The molecular weight excluding hydrogens is 262 g/mol. The fourth-order valence-corrected chi connectivity index (χ4v) is 2.36. The molecule has 2 rings (SSSR count). The van der Waals surface area contributed by atoms with E-state index in [1.807, 2.05) is 18.2 Å². The van der Waals surface area contributed by atoms with Crippen LogP contribution in [0, 0.1) is 10.1 Å². The zero-order chi connectivity index (χ0) is 14.4. The summed E-state index contributed by atoms with van der Waals surface area (Å²) in [7, 11) is 0. The van der Waals surface area contributed by atoms with Crippen molar-refractivity contribution < 1.29 is 14.7 Å². The van der Waals surface area contributed by atoms with Crippen LogP contribution in [0.1, 0.15) is 25.7 Å². The molecule has 0 radical (unpaired) electrons. The summed E-state index contributed by atoms with van der Waals surface area (Å²) in [5.74, 6) is 0. The van der Waals surface area contributed by atoms with Crippen LogP contribution in [-0.4, -0.2) is 23.3 Å². The molecule has 2 amide bonds. The van der Waals surface area contributed by atoms with Gasteiger partial charge in [0.25, 0.3) is 5.09 Å². The molecule has 1 aromatic carbocycles. The maximum atomic E-state index is 11.9. The molecule has 20 heavy (non-hydrogen) atoms. The van der Waals surface area contributed by atoms with E-state index in [4.69, 9.17) is 0 Å². The molecule has 7 heteroatoms. The lowest BCUT2D eigenvalue weighted by atomic mass is 9.93. The molecule has 0 heterocycles. The Morgan fingerprint density at radius 3 is 2.65 bits per heavy atom. The molecular formula is C13H17N3O4. The first-order valence-corrected chi connectivity index (χ1v) is 6.59. The molecule has 2 atom stereocenters. The molecule has 1 aromatic rings. The summed E-state index contributed by atoms with van der Waals surface area (Å²) >= 11 is 0. The first-order chi connectivity index (χ1) is 9.65. The van der Waals surface area contributed by atoms with Crippen LogP contribution >= 0.6 is 0 Å². The number of carbonyl (C=O) groups is 1. The molecule has 1 aliphatic rings. The summed E-state index contributed by atoms with van der Waals surface area (Å²) in [6.45, 7) is 0. The number of amides is 2. The van der Waals surface area contributed by atoms with Crippen molar-refractivity contribution in [1.29, 1.82) is 0 Å². The summed E-state index contributed by atoms with van der Waals surface area (Å²) in [5, 5.41) is 15.1. The van der Waals surface area contributed by atoms with Crippen LogP contribution in [0.4, 0.5) is 10.5 Å². The summed E-state index contributed by atoms with van der Waals surface area (Å²) < 4.78 is 0. The van der Waals surface area contributed by atoms with Crippen molar-refractivity contribution in [3.8, 4) is 0 Å². The lowest BCUT2D eigenvalue weighted by molar-refractivity contribution is -0.769. The van der Waals surface area contributed by atoms with Gasteiger partial charge in [0, 0.05) is 5.69 Å². The van der Waals surface area contributed by atoms with Crippen LogP contribution < -0.4 is 10.6 Å². The van der Waals surface area contributed by atoms with Crippen molar-refractivity contribution >= 4 is 11.7 Å². The molecule has 7 nitrogen and oxygen atoms in total. The van der Waals surface area contributed by atoms with Gasteiger partial charge in [-0.25, -0.2) is 4.79 Å². The third-order valence-electron chi connectivity index (χ3n) is 3.27. The summed E-state index contributed by atoms with van der Waals surface area (Å²) in [4.78, 5) is 26.9. The lowest BCUT2D eigenvalue weighted by Gasteiger charge is -2.30. The average molecular weight is 279 g/mol. The lowest BCUT2D eigenvalue weighted by Crippen LogP contribution is -2.48. The van der Waals surface area contributed by atoms with Crippen molar-refractivity contribution in [3.63, 3.8) is 0 Å². The van der Waals surface area contributed by atoms with Crippen LogP contribution in [0.5, 0.6) is 0 Å². The molecule has 0 spiro atoms. The Labute approximate surface area is 116 Å². The molecule has 108 valence electrons. The van der Waals surface area contributed by atoms with Gasteiger partial charge in [0.2, 0.25) is 0 Å². The maximum Gasteiger partial charge on any atom is 0.319 e. The molecule has 2 unspecified atom stereocenters. The Bertz CT molecular complexity index is 466. The second kappa shape index (κ2) is 6.74. The Kier molecular flexibility index (Phi) is 4.75. The normalized spacial score (nSPS) is 21.8. The molecule has 2 N–H and O–H groups in total. The van der Waals surface area contributed by atoms with Crippen molar-refractivity contribution in [2.24, 2.45) is 0 Å². The van der Waals surface area contributed by atoms with E-state index in [2.05, 4.69) is 15.5 Å². The second-order valence-corrected chi connectivity index (χ2v) is 4.72. The van der Waals surface area contributed by atoms with Crippen molar-refractivity contribution in [2.45, 2.75) is 37.8 Å². The summed E-state index contributed by atoms with van der Waals surface area (Å²) in [6, 6.07) is 8.31. The number of nitrogens with one attached hydrogen (secondary N) is 2. The molecule has 0 aromatic heterocycles. The molecule has 0 saturated heterocycles. The topological polar surface area (TPSA) is 93.5 Å². The van der Waals surface area contributed by atoms with Crippen LogP contribution in [-0.2, 0) is 4.84 Å². The maximum absolute atomic E-state index is 11.9. The minimum absolute atomic E-state index is 0.335. The highest BCUT2D eigenvalue weighted by Crippen LogP contribution is 2.21. The van der Waals surface area contributed by atoms with Gasteiger partial charge in [0.15, 0.2) is 0 Å². The van der Waals surface area contributed by atoms with E-state index in [-0.39, 0.29) is 12.1 Å². The monoisotopic (exact) mass is 279 g/mol. The van der Waals surface area contributed by atoms with Crippen LogP contribution in [0.3, 0.4) is 0 Å². The largest absolute Gasteiger partial charge is 0.333 e. The van der Waals surface area contributed by atoms with E-state index in [1.165, 1.54) is 0 Å². The number of carbonyl (C=O) groups excluding carboxylic acids is 1. The smallest absolute Gasteiger partial charge is 0.319 e. The summed E-state index contributed by atoms with van der Waals surface area (Å²) in [6.07, 6.45) is 2.49. The fourth-order valence-electron chi connectivity index (χ4n) is 2.36. The molecule has 0 bridgehead atoms. The van der Waals surface area contributed by atoms with Gasteiger partial charge in [-0.2, -0.15) is 0 Å². The zero-order valence-corrected chi connectivity index (χ0v) is 11.0. The van der Waals surface area contributed by atoms with E-state index >= 15 is 0 Å². The van der Waals surface area contributed by atoms with Gasteiger partial charge in [-0.15, -0.1) is 10.1 Å². The standard InChI is InChI=1S/C13H17N3O4/c17-13(14-10-6-2-1-3-7-10)15-11-8-4-5-9-12(11)20-16(18)19/h1-3,6-7,11-12H,4-5,8-9H2,(H2,14,15,17). The predicted molar refractivity (Wildman–Crippen MR) is 72.7 cm³/mol. The number of rotatable bonds is 4. The SMILES string of the molecule is O=C(Nc1ccccc1)NC1CCCCC1O[N+](=O)[O-]. The Balaban J connectivity index is 1.89. The first kappa shape index (κ1) is 14.1. The van der Waals surface area contributed by atoms with Crippen molar-refractivity contribution in [3.05, 3.63) is 40.4 Å². The Hall–Kier alpha value is -2.31. The highest BCUT2D eigenvalue weighted by molar-refractivity contribution is 5.89. The van der Waals surface area contributed by atoms with E-state index in [1.54, 1.807) is 12.1 Å². The first-order valence-electron chi connectivity index (χ1n) is 6.59. The fraction of sp³-hybridized carbons (Fsp3) is 0.462. The molecule has 1 fully saturated rings. The van der Waals surface area contributed by atoms with E-state index in [0.29, 0.717) is 18.5 Å². The zero-order valence-electron chi connectivity index (χ0n) is 11.0. The average Bonchev–Trinajstić information content (AvgIpc) is 2.41. The highest BCUT2D eigenvalue weighted by atomic mass is 17.0. The van der Waals surface area contributed by atoms with E-state index < -0.39 is 11.2 Å². The number of benzene rings is 1. The van der Waals surface area contributed by atoms with Crippen LogP contribution in [0.2, 0.25) is 0 Å². The van der Waals surface area contributed by atoms with Gasteiger partial charge in [0.1, 0.15) is 6.10 Å². The van der Waals surface area contributed by atoms with Gasteiger partial charge >= 0.3 is 6.03 Å². The van der Waals surface area contributed by atoms with Gasteiger partial charge < -0.3 is 15.5 Å². The number of anilines is 1. The van der Waals surface area contributed by atoms with Gasteiger partial charge in [0.05, 0.1) is 6.04 Å². The third-order valence-corrected chi connectivity index (χ3v) is 3.27. The van der Waals surface area contributed by atoms with Gasteiger partial charge in [-0.05, 0) is 25.0 Å². The minimum atomic E-state index is -0.792. The number of urea groups is 1. The number of hydrogen-bond donors (Lipinski definition) is 2. The number of para-hydroxylation sites is 1. The highest BCUT2D eigenvalue weighted by Gasteiger charge is 2.29. The minimum Gasteiger partial charge on any atom is -0.333 e. The van der Waals surface area contributed by atoms with E-state index in [9.17, 15) is 14.9 Å². The van der Waals surface area contributed by atoms with Crippen LogP contribution in [0.15, 0.2) is 30.3 Å². The number of nitrogens with zero attached hydrogens (tertiary/aromatic N) is 1. The predicted octanol–water partition coefficient (Wildman–Crippen LogP) is 2.33. The second-order valence-electron chi connectivity index (χ2n) is 4.72.